The first-order valence-corrected chi connectivity index (χ1v) is 6.05. The first-order valence-electron chi connectivity index (χ1n) is 6.05. The molecule has 1 unspecified atom stereocenters. The van der Waals surface area contributed by atoms with Crippen LogP contribution in [0, 0.1) is 13.8 Å². The van der Waals surface area contributed by atoms with Gasteiger partial charge in [-0.1, -0.05) is 6.92 Å². The predicted octanol–water partition coefficient (Wildman–Crippen LogP) is 0.445. The lowest BCUT2D eigenvalue weighted by Crippen LogP contribution is -2.42. The number of aromatic nitrogens is 1. The van der Waals surface area contributed by atoms with Gasteiger partial charge in [-0.05, 0) is 20.3 Å². The fourth-order valence-electron chi connectivity index (χ4n) is 1.86. The standard InChI is InChI=1S/C13H18N2O4/c1-4-11(13(18)19)14-12(17)7-15-8(2)5-10(16)6-9(15)3/h5-6,11H,4,7H2,1-3H3,(H,14,17)(H,18,19). The third-order valence-corrected chi connectivity index (χ3v) is 2.90. The second-order valence-corrected chi connectivity index (χ2v) is 4.43. The van der Waals surface area contributed by atoms with Gasteiger partial charge in [-0.15, -0.1) is 0 Å². The van der Waals surface area contributed by atoms with E-state index in [9.17, 15) is 14.4 Å². The molecule has 19 heavy (non-hydrogen) atoms. The Hall–Kier alpha value is -2.11. The van der Waals surface area contributed by atoms with Crippen LogP contribution in [0.15, 0.2) is 16.9 Å². The SMILES string of the molecule is CCC(NC(=O)Cn1c(C)cc(=O)cc1C)C(=O)O. The third-order valence-electron chi connectivity index (χ3n) is 2.90. The van der Waals surface area contributed by atoms with Gasteiger partial charge in [0.15, 0.2) is 5.43 Å². The molecule has 0 aliphatic rings. The Morgan fingerprint density at radius 1 is 1.32 bits per heavy atom. The summed E-state index contributed by atoms with van der Waals surface area (Å²) in [5.74, 6) is -1.44. The van der Waals surface area contributed by atoms with Crippen LogP contribution in [0.5, 0.6) is 0 Å². The Morgan fingerprint density at radius 2 is 1.84 bits per heavy atom. The van der Waals surface area contributed by atoms with E-state index in [4.69, 9.17) is 5.11 Å². The molecule has 6 nitrogen and oxygen atoms in total. The topological polar surface area (TPSA) is 88.4 Å². The zero-order valence-electron chi connectivity index (χ0n) is 11.3. The summed E-state index contributed by atoms with van der Waals surface area (Å²) in [6.45, 7) is 5.16. The lowest BCUT2D eigenvalue weighted by Gasteiger charge is -2.16. The molecular formula is C13H18N2O4. The summed E-state index contributed by atoms with van der Waals surface area (Å²) in [6, 6.07) is 2.00. The Bertz CT molecular complexity index is 522. The molecule has 1 heterocycles. The second kappa shape index (κ2) is 6.17. The Balaban J connectivity index is 2.83. The second-order valence-electron chi connectivity index (χ2n) is 4.43. The molecule has 2 N–H and O–H groups in total. The molecule has 0 spiro atoms. The van der Waals surface area contributed by atoms with E-state index < -0.39 is 12.0 Å². The number of carboxylic acids is 1. The summed E-state index contributed by atoms with van der Waals surface area (Å²) in [6.07, 6.45) is 0.323. The number of amides is 1. The molecule has 0 fully saturated rings. The van der Waals surface area contributed by atoms with Crippen molar-refractivity contribution in [3.05, 3.63) is 33.7 Å². The molecule has 0 aliphatic carbocycles. The molecule has 0 aromatic carbocycles. The predicted molar refractivity (Wildman–Crippen MR) is 70.0 cm³/mol. The zero-order valence-corrected chi connectivity index (χ0v) is 11.3. The summed E-state index contributed by atoms with van der Waals surface area (Å²) in [7, 11) is 0. The maximum Gasteiger partial charge on any atom is 0.326 e. The average molecular weight is 266 g/mol. The first kappa shape index (κ1) is 14.9. The van der Waals surface area contributed by atoms with Crippen LogP contribution in [-0.4, -0.2) is 27.6 Å². The van der Waals surface area contributed by atoms with E-state index in [1.165, 1.54) is 12.1 Å². The average Bonchev–Trinajstić information content (AvgIpc) is 2.30. The van der Waals surface area contributed by atoms with Crippen LogP contribution in [0.25, 0.3) is 0 Å². The molecule has 104 valence electrons. The van der Waals surface area contributed by atoms with E-state index in [0.717, 1.165) is 0 Å². The Morgan fingerprint density at radius 3 is 2.26 bits per heavy atom. The molecule has 1 aromatic rings. The summed E-state index contributed by atoms with van der Waals surface area (Å²) in [4.78, 5) is 33.9. The Labute approximate surface area is 111 Å². The van der Waals surface area contributed by atoms with Crippen molar-refractivity contribution < 1.29 is 14.7 Å². The lowest BCUT2D eigenvalue weighted by atomic mass is 10.2. The summed E-state index contributed by atoms with van der Waals surface area (Å²) >= 11 is 0. The van der Waals surface area contributed by atoms with Gasteiger partial charge >= 0.3 is 5.97 Å². The monoisotopic (exact) mass is 266 g/mol. The van der Waals surface area contributed by atoms with Gasteiger partial charge in [-0.3, -0.25) is 9.59 Å². The molecule has 0 radical (unpaired) electrons. The van der Waals surface area contributed by atoms with Gasteiger partial charge in [0.05, 0.1) is 0 Å². The Kier molecular flexibility index (Phi) is 4.86. The van der Waals surface area contributed by atoms with Crippen LogP contribution in [0.2, 0.25) is 0 Å². The normalized spacial score (nSPS) is 11.9. The number of carbonyl (C=O) groups is 2. The molecule has 0 saturated carbocycles. The number of hydrogen-bond donors (Lipinski definition) is 2. The smallest absolute Gasteiger partial charge is 0.326 e. The van der Waals surface area contributed by atoms with E-state index in [1.807, 2.05) is 0 Å². The van der Waals surface area contributed by atoms with Crippen molar-refractivity contribution in [1.29, 1.82) is 0 Å². The van der Waals surface area contributed by atoms with Gasteiger partial charge in [-0.2, -0.15) is 0 Å². The number of carbonyl (C=O) groups excluding carboxylic acids is 1. The maximum absolute atomic E-state index is 11.8. The van der Waals surface area contributed by atoms with Crippen LogP contribution < -0.4 is 10.7 Å². The highest BCUT2D eigenvalue weighted by Gasteiger charge is 2.18. The van der Waals surface area contributed by atoms with Crippen molar-refractivity contribution in [3.63, 3.8) is 0 Å². The lowest BCUT2D eigenvalue weighted by molar-refractivity contribution is -0.142. The van der Waals surface area contributed by atoms with E-state index in [0.29, 0.717) is 17.8 Å². The summed E-state index contributed by atoms with van der Waals surface area (Å²) in [5.41, 5.74) is 1.23. The number of aliphatic carboxylic acids is 1. The van der Waals surface area contributed by atoms with Crippen LogP contribution in [0.4, 0.5) is 0 Å². The van der Waals surface area contributed by atoms with Gasteiger partial charge in [0.25, 0.3) is 0 Å². The van der Waals surface area contributed by atoms with Crippen molar-refractivity contribution in [2.45, 2.75) is 39.8 Å². The van der Waals surface area contributed by atoms with E-state index in [1.54, 1.807) is 25.3 Å². The van der Waals surface area contributed by atoms with Crippen molar-refractivity contribution in [2.24, 2.45) is 0 Å². The highest BCUT2D eigenvalue weighted by molar-refractivity contribution is 5.83. The minimum Gasteiger partial charge on any atom is -0.480 e. The quantitative estimate of drug-likeness (QED) is 0.809. The van der Waals surface area contributed by atoms with Crippen molar-refractivity contribution in [2.75, 3.05) is 0 Å². The van der Waals surface area contributed by atoms with Crippen molar-refractivity contribution in [3.8, 4) is 0 Å². The number of hydrogen-bond acceptors (Lipinski definition) is 3. The highest BCUT2D eigenvalue weighted by atomic mass is 16.4. The van der Waals surface area contributed by atoms with Crippen molar-refractivity contribution in [1.82, 2.24) is 9.88 Å². The van der Waals surface area contributed by atoms with Crippen LogP contribution >= 0.6 is 0 Å². The molecule has 0 bridgehead atoms. The van der Waals surface area contributed by atoms with Gasteiger partial charge in [0.1, 0.15) is 12.6 Å². The number of carboxylic acid groups (broad SMARTS) is 1. The molecule has 1 atom stereocenters. The molecule has 0 saturated heterocycles. The molecular weight excluding hydrogens is 248 g/mol. The molecule has 6 heteroatoms. The number of nitrogens with one attached hydrogen (secondary N) is 1. The fourth-order valence-corrected chi connectivity index (χ4v) is 1.86. The van der Waals surface area contributed by atoms with E-state index in [-0.39, 0.29) is 17.9 Å². The van der Waals surface area contributed by atoms with Crippen LogP contribution in [0.3, 0.4) is 0 Å². The van der Waals surface area contributed by atoms with Gasteiger partial charge in [-0.25, -0.2) is 4.79 Å². The van der Waals surface area contributed by atoms with E-state index in [2.05, 4.69) is 5.32 Å². The number of rotatable bonds is 5. The summed E-state index contributed by atoms with van der Waals surface area (Å²) in [5, 5.41) is 11.3. The number of aryl methyl sites for hydroxylation is 2. The van der Waals surface area contributed by atoms with Crippen LogP contribution in [-0.2, 0) is 16.1 Å². The molecule has 1 amide bonds. The zero-order chi connectivity index (χ0) is 14.6. The largest absolute Gasteiger partial charge is 0.480 e. The number of nitrogens with zero attached hydrogens (tertiary/aromatic N) is 1. The first-order chi connectivity index (χ1) is 8.85. The third kappa shape index (κ3) is 3.94. The van der Waals surface area contributed by atoms with Crippen LogP contribution in [0.1, 0.15) is 24.7 Å². The molecule has 1 aromatic heterocycles. The van der Waals surface area contributed by atoms with Gasteiger partial charge in [0, 0.05) is 23.5 Å². The highest BCUT2D eigenvalue weighted by Crippen LogP contribution is 2.02. The molecule has 1 rings (SSSR count). The minimum absolute atomic E-state index is 0.00171. The fraction of sp³-hybridized carbons (Fsp3) is 0.462. The van der Waals surface area contributed by atoms with E-state index >= 15 is 0 Å². The van der Waals surface area contributed by atoms with Gasteiger partial charge < -0.3 is 15.0 Å². The minimum atomic E-state index is -1.05. The number of pyridine rings is 1. The van der Waals surface area contributed by atoms with Gasteiger partial charge in [0.2, 0.25) is 5.91 Å². The molecule has 0 aliphatic heterocycles. The maximum atomic E-state index is 11.8. The van der Waals surface area contributed by atoms with Crippen molar-refractivity contribution >= 4 is 11.9 Å². The summed E-state index contributed by atoms with van der Waals surface area (Å²) < 4.78 is 1.67.